The smallest absolute Gasteiger partial charge is 0.387 e. The largest absolute Gasteiger partial charge is 0.434 e. The molecule has 1 aromatic rings. The Kier molecular flexibility index (Phi) is 10.2. The quantitative estimate of drug-likeness (QED) is 0.495. The molecule has 142 valence electrons. The van der Waals surface area contributed by atoms with Crippen molar-refractivity contribution in [1.29, 1.82) is 5.26 Å². The number of alkyl halides is 2. The van der Waals surface area contributed by atoms with Crippen molar-refractivity contribution in [3.63, 3.8) is 0 Å². The first-order chi connectivity index (χ1) is 12.1. The van der Waals surface area contributed by atoms with Crippen molar-refractivity contribution in [2.75, 3.05) is 19.4 Å². The molecule has 0 saturated heterocycles. The zero-order chi connectivity index (χ0) is 20.4. The lowest BCUT2D eigenvalue weighted by Gasteiger charge is -2.15. The number of benzene rings is 1. The van der Waals surface area contributed by atoms with E-state index in [2.05, 4.69) is 32.6 Å². The van der Waals surface area contributed by atoms with E-state index in [9.17, 15) is 13.6 Å². The summed E-state index contributed by atoms with van der Waals surface area (Å²) in [7, 11) is 3.37. The molecule has 0 saturated carbocycles. The van der Waals surface area contributed by atoms with Crippen LogP contribution in [0.4, 0.5) is 14.5 Å². The molecule has 1 aromatic carbocycles. The summed E-state index contributed by atoms with van der Waals surface area (Å²) in [6.07, 6.45) is 1.39. The zero-order valence-electron chi connectivity index (χ0n) is 15.4. The molecule has 0 radical (unpaired) electrons. The topological polar surface area (TPSA) is 65.4 Å². The molecule has 0 amide bonds. The molecule has 8 heteroatoms. The molecule has 0 atom stereocenters. The van der Waals surface area contributed by atoms with Crippen molar-refractivity contribution in [2.45, 2.75) is 27.4 Å². The normalized spacial score (nSPS) is 10.4. The summed E-state index contributed by atoms with van der Waals surface area (Å²) in [5.41, 5.74) is 0.955. The van der Waals surface area contributed by atoms with Crippen molar-refractivity contribution in [2.24, 2.45) is 0 Å². The van der Waals surface area contributed by atoms with E-state index < -0.39 is 12.4 Å². The third-order valence-electron chi connectivity index (χ3n) is 2.81. The molecule has 0 bridgehead atoms. The first-order valence-electron chi connectivity index (χ1n) is 7.69. The Morgan fingerprint density at radius 1 is 1.42 bits per heavy atom. The number of rotatable bonds is 7. The van der Waals surface area contributed by atoms with Crippen molar-refractivity contribution in [1.82, 2.24) is 4.90 Å². The molecule has 0 aliphatic rings. The number of halogens is 3. The highest BCUT2D eigenvalue weighted by molar-refractivity contribution is 9.10. The predicted octanol–water partition coefficient (Wildman–Crippen LogP) is 4.85. The lowest BCUT2D eigenvalue weighted by Crippen LogP contribution is -2.15. The number of hydrogen-bond acceptors (Lipinski definition) is 5. The summed E-state index contributed by atoms with van der Waals surface area (Å²) in [5, 5.41) is 11.8. The molecule has 1 N–H and O–H groups in total. The van der Waals surface area contributed by atoms with Crippen LogP contribution in [0.2, 0.25) is 0 Å². The minimum absolute atomic E-state index is 0.0119. The molecule has 0 fully saturated rings. The van der Waals surface area contributed by atoms with Crippen LogP contribution in [0, 0.1) is 18.3 Å². The fourth-order valence-corrected chi connectivity index (χ4v) is 2.19. The minimum Gasteiger partial charge on any atom is -0.434 e. The van der Waals surface area contributed by atoms with Crippen LogP contribution in [0.3, 0.4) is 0 Å². The minimum atomic E-state index is -2.94. The maximum Gasteiger partial charge on any atom is 0.387 e. The van der Waals surface area contributed by atoms with Crippen LogP contribution in [0.15, 0.2) is 40.7 Å². The van der Waals surface area contributed by atoms with Gasteiger partial charge in [0.2, 0.25) is 5.78 Å². The summed E-state index contributed by atoms with van der Waals surface area (Å²) < 4.78 is 29.3. The van der Waals surface area contributed by atoms with Crippen LogP contribution in [0.1, 0.15) is 19.4 Å². The standard InChI is InChI=1S/C16H16BrF2N3O2.C2H6/c1-9-5-14(24-16(18)19)12(17)6-13(9)21-10(2)15(23)11(7-20)8-22(3)4;1-2/h5-6,8,16,21H,2H2,1,3-4H3;1-2H3/b11-8+;. The van der Waals surface area contributed by atoms with Crippen molar-refractivity contribution < 1.29 is 18.3 Å². The van der Waals surface area contributed by atoms with Gasteiger partial charge in [0.05, 0.1) is 10.2 Å². The number of Topliss-reactive ketones (excluding diaryl/α,β-unsaturated/α-hetero) is 1. The van der Waals surface area contributed by atoms with Gasteiger partial charge in [-0.1, -0.05) is 20.4 Å². The molecule has 0 unspecified atom stereocenters. The predicted molar refractivity (Wildman–Crippen MR) is 102 cm³/mol. The maximum atomic E-state index is 12.3. The molecule has 0 aliphatic carbocycles. The van der Waals surface area contributed by atoms with Gasteiger partial charge < -0.3 is 15.0 Å². The maximum absolute atomic E-state index is 12.3. The van der Waals surface area contributed by atoms with Crippen molar-refractivity contribution in [3.05, 3.63) is 46.2 Å². The van der Waals surface area contributed by atoms with Crippen molar-refractivity contribution in [3.8, 4) is 11.8 Å². The Morgan fingerprint density at radius 2 is 2.00 bits per heavy atom. The van der Waals surface area contributed by atoms with E-state index in [1.807, 2.05) is 19.9 Å². The van der Waals surface area contributed by atoms with Gasteiger partial charge in [0.15, 0.2) is 0 Å². The average molecular weight is 430 g/mol. The van der Waals surface area contributed by atoms with Crippen molar-refractivity contribution >= 4 is 27.4 Å². The zero-order valence-corrected chi connectivity index (χ0v) is 16.9. The molecule has 0 aliphatic heterocycles. The first-order valence-corrected chi connectivity index (χ1v) is 8.49. The van der Waals surface area contributed by atoms with E-state index in [1.54, 1.807) is 25.9 Å². The Hall–Kier alpha value is -2.40. The molecule has 5 nitrogen and oxygen atoms in total. The summed E-state index contributed by atoms with van der Waals surface area (Å²) in [6, 6.07) is 4.71. The number of carbonyl (C=O) groups is 1. The number of nitrogens with one attached hydrogen (secondary N) is 1. The summed E-state index contributed by atoms with van der Waals surface area (Å²) >= 11 is 3.13. The van der Waals surface area contributed by atoms with E-state index in [0.717, 1.165) is 0 Å². The molecule has 1 rings (SSSR count). The molecule has 0 aromatic heterocycles. The molecule has 0 spiro atoms. The van der Waals surface area contributed by atoms with Gasteiger partial charge >= 0.3 is 6.61 Å². The van der Waals surface area contributed by atoms with E-state index in [-0.39, 0.29) is 17.0 Å². The third kappa shape index (κ3) is 7.23. The highest BCUT2D eigenvalue weighted by atomic mass is 79.9. The lowest BCUT2D eigenvalue weighted by atomic mass is 10.1. The van der Waals surface area contributed by atoms with Crippen LogP contribution in [0.25, 0.3) is 0 Å². The van der Waals surface area contributed by atoms with Gasteiger partial charge in [-0.2, -0.15) is 14.0 Å². The fourth-order valence-electron chi connectivity index (χ4n) is 1.75. The number of allylic oxidation sites excluding steroid dienone is 1. The molecule has 0 heterocycles. The van der Waals surface area contributed by atoms with Crippen LogP contribution in [-0.4, -0.2) is 31.4 Å². The second-order valence-electron chi connectivity index (χ2n) is 5.03. The van der Waals surface area contributed by atoms with Gasteiger partial charge in [-0.05, 0) is 40.5 Å². The second kappa shape index (κ2) is 11.3. The highest BCUT2D eigenvalue weighted by Crippen LogP contribution is 2.33. The van der Waals surface area contributed by atoms with Crippen LogP contribution >= 0.6 is 15.9 Å². The molecular formula is C18H22BrF2N3O2. The summed E-state index contributed by atoms with van der Waals surface area (Å²) in [4.78, 5) is 13.8. The molecular weight excluding hydrogens is 408 g/mol. The van der Waals surface area contributed by atoms with Gasteiger partial charge in [0.1, 0.15) is 17.4 Å². The monoisotopic (exact) mass is 429 g/mol. The number of ether oxygens (including phenoxy) is 1. The third-order valence-corrected chi connectivity index (χ3v) is 3.43. The first kappa shape index (κ1) is 23.6. The summed E-state index contributed by atoms with van der Waals surface area (Å²) in [5.74, 6) is -0.579. The Bertz CT molecular complexity index is 726. The van der Waals surface area contributed by atoms with Crippen LogP contribution < -0.4 is 10.1 Å². The highest BCUT2D eigenvalue weighted by Gasteiger charge is 2.16. The Labute approximate surface area is 161 Å². The van der Waals surface area contributed by atoms with E-state index >= 15 is 0 Å². The number of ketones is 1. The lowest BCUT2D eigenvalue weighted by molar-refractivity contribution is -0.111. The van der Waals surface area contributed by atoms with Gasteiger partial charge in [-0.25, -0.2) is 0 Å². The van der Waals surface area contributed by atoms with E-state index in [0.29, 0.717) is 15.7 Å². The number of hydrogen-bond donors (Lipinski definition) is 1. The van der Waals surface area contributed by atoms with Gasteiger partial charge in [0, 0.05) is 26.0 Å². The number of aryl methyl sites for hydroxylation is 1. The van der Waals surface area contributed by atoms with Gasteiger partial charge in [0.25, 0.3) is 0 Å². The number of nitriles is 1. The van der Waals surface area contributed by atoms with Crippen LogP contribution in [-0.2, 0) is 4.79 Å². The van der Waals surface area contributed by atoms with Gasteiger partial charge in [-0.15, -0.1) is 0 Å². The fraction of sp³-hybridized carbons (Fsp3) is 0.333. The second-order valence-corrected chi connectivity index (χ2v) is 5.88. The number of carbonyl (C=O) groups excluding carboxylic acids is 1. The number of anilines is 1. The van der Waals surface area contributed by atoms with Crippen LogP contribution in [0.5, 0.6) is 5.75 Å². The average Bonchev–Trinajstić information content (AvgIpc) is 2.57. The molecule has 26 heavy (non-hydrogen) atoms. The summed E-state index contributed by atoms with van der Waals surface area (Å²) in [6.45, 7) is 6.35. The van der Waals surface area contributed by atoms with E-state index in [1.165, 1.54) is 18.3 Å². The van der Waals surface area contributed by atoms with Gasteiger partial charge in [-0.3, -0.25) is 4.79 Å². The van der Waals surface area contributed by atoms with E-state index in [4.69, 9.17) is 5.26 Å². The Morgan fingerprint density at radius 3 is 2.46 bits per heavy atom. The SMILES string of the molecule is C=C(Nc1cc(Br)c(OC(F)F)cc1C)C(=O)/C(C#N)=C/N(C)C.CC. The Balaban J connectivity index is 0.00000301. The number of nitrogens with zero attached hydrogens (tertiary/aromatic N) is 2.